The number of fused-ring (bicyclic) bond motifs is 1. The lowest BCUT2D eigenvalue weighted by atomic mass is 9.74. The molecule has 0 aliphatic carbocycles. The molecule has 2 saturated heterocycles. The number of halogens is 4. The van der Waals surface area contributed by atoms with Crippen LogP contribution in [0.4, 0.5) is 13.2 Å². The van der Waals surface area contributed by atoms with Gasteiger partial charge in [0.05, 0.1) is 41.7 Å². The maximum atomic E-state index is 13.2. The molecule has 0 radical (unpaired) electrons. The van der Waals surface area contributed by atoms with Crippen molar-refractivity contribution in [1.29, 1.82) is 0 Å². The fourth-order valence-corrected chi connectivity index (χ4v) is 8.79. The summed E-state index contributed by atoms with van der Waals surface area (Å²) in [5, 5.41) is 12.2. The minimum absolute atomic E-state index is 0.0285. The summed E-state index contributed by atoms with van der Waals surface area (Å²) in [6.07, 6.45) is -1.83. The molecule has 46 heavy (non-hydrogen) atoms. The number of amides is 1. The quantitative estimate of drug-likeness (QED) is 0.370. The molecule has 2 aliphatic rings. The Morgan fingerprint density at radius 2 is 1.74 bits per heavy atom. The number of hydrogen-bond acceptors (Lipinski definition) is 10. The van der Waals surface area contributed by atoms with Crippen molar-refractivity contribution in [1.82, 2.24) is 23.7 Å². The van der Waals surface area contributed by atoms with Crippen LogP contribution in [0.25, 0.3) is 10.9 Å². The number of imidazole rings is 1. The van der Waals surface area contributed by atoms with Gasteiger partial charge in [0.2, 0.25) is 36.8 Å². The largest absolute Gasteiger partial charge is 0.481 e. The van der Waals surface area contributed by atoms with Gasteiger partial charge in [-0.15, -0.1) is 0 Å². The first-order chi connectivity index (χ1) is 21.3. The van der Waals surface area contributed by atoms with Crippen LogP contribution in [-0.4, -0.2) is 104 Å². The Kier molecular flexibility index (Phi) is 8.90. The number of carbonyl (C=O) groups is 1. The molecule has 1 amide bonds. The molecule has 4 heterocycles. The molecule has 2 fully saturated rings. The lowest BCUT2D eigenvalue weighted by molar-refractivity contribution is -0.185. The van der Waals surface area contributed by atoms with Crippen molar-refractivity contribution in [2.24, 2.45) is 11.8 Å². The van der Waals surface area contributed by atoms with Gasteiger partial charge in [-0.3, -0.25) is 9.69 Å². The van der Waals surface area contributed by atoms with E-state index < -0.39 is 48.6 Å². The van der Waals surface area contributed by atoms with Gasteiger partial charge in [-0.1, -0.05) is 17.7 Å². The van der Waals surface area contributed by atoms with E-state index >= 15 is 0 Å². The van der Waals surface area contributed by atoms with E-state index in [2.05, 4.69) is 9.97 Å². The number of aromatic nitrogens is 3. The predicted octanol–water partition coefficient (Wildman–Crippen LogP) is 2.79. The van der Waals surface area contributed by atoms with Crippen molar-refractivity contribution in [2.75, 3.05) is 45.8 Å². The van der Waals surface area contributed by atoms with Crippen molar-refractivity contribution < 1.29 is 44.6 Å². The van der Waals surface area contributed by atoms with E-state index in [1.807, 2.05) is 4.90 Å². The highest BCUT2D eigenvalue weighted by molar-refractivity contribution is 7.92. The molecular weight excluding hydrogens is 675 g/mol. The summed E-state index contributed by atoms with van der Waals surface area (Å²) in [5.74, 6) is -2.26. The van der Waals surface area contributed by atoms with Gasteiger partial charge in [0.1, 0.15) is 5.60 Å². The molecule has 1 unspecified atom stereocenters. The molecule has 1 atom stereocenters. The number of methoxy groups -OCH3 is 1. The Labute approximate surface area is 269 Å². The Hall–Kier alpha value is -2.99. The summed E-state index contributed by atoms with van der Waals surface area (Å²) in [6, 6.07) is 4.52. The third kappa shape index (κ3) is 6.19. The molecule has 5 rings (SSSR count). The molecule has 252 valence electrons. The predicted molar refractivity (Wildman–Crippen MR) is 162 cm³/mol. The number of carbonyl (C=O) groups excluding carboxylic acids is 1. The molecule has 3 aromatic rings. The van der Waals surface area contributed by atoms with Gasteiger partial charge in [0.15, 0.2) is 0 Å². The first-order valence-corrected chi connectivity index (χ1v) is 18.3. The first kappa shape index (κ1) is 34.3. The number of ether oxygens (including phenoxy) is 1. The number of nitrogens with zero attached hydrogens (tertiary/aromatic N) is 5. The maximum absolute atomic E-state index is 13.2. The molecule has 0 spiro atoms. The van der Waals surface area contributed by atoms with E-state index in [4.69, 9.17) is 16.3 Å². The SMILES string of the molecule is COc1nc2ccc(C(O)(c3cnc(S(C)(=O)=O)n3S(C)(=O)=O)C3CN(C(C)=O)C3)cc2c(Cl)c1CN1CCC(C(F)(F)F)CC1. The van der Waals surface area contributed by atoms with Crippen LogP contribution in [0.5, 0.6) is 5.88 Å². The zero-order chi connectivity index (χ0) is 34.0. The van der Waals surface area contributed by atoms with Gasteiger partial charge in [-0.25, -0.2) is 30.8 Å². The summed E-state index contributed by atoms with van der Waals surface area (Å²) in [6.45, 7) is 1.89. The monoisotopic (exact) mass is 707 g/mol. The Morgan fingerprint density at radius 3 is 2.26 bits per heavy atom. The highest BCUT2D eigenvalue weighted by Gasteiger charge is 2.51. The highest BCUT2D eigenvalue weighted by atomic mass is 35.5. The Bertz CT molecular complexity index is 1910. The number of benzene rings is 1. The average molecular weight is 708 g/mol. The standard InChI is InChI=1S/C28H33ClF3N5O7S2/c1-16(38)36-13-19(14-36)27(39,23-12-33-26(45(3,40)41)37(23)46(4,42)43)18-5-6-22-20(11-18)24(29)21(25(34-22)44-2)15-35-9-7-17(8-10-35)28(30,31)32/h5-6,11-12,17,19,39H,7-10,13-15H2,1-4H3. The smallest absolute Gasteiger partial charge is 0.391 e. The summed E-state index contributed by atoms with van der Waals surface area (Å²) in [7, 11) is -7.12. The van der Waals surface area contributed by atoms with Crippen molar-refractivity contribution in [2.45, 2.75) is 43.2 Å². The van der Waals surface area contributed by atoms with E-state index in [0.29, 0.717) is 20.4 Å². The Morgan fingerprint density at radius 1 is 1.11 bits per heavy atom. The molecule has 18 heteroatoms. The average Bonchev–Trinajstić information content (AvgIpc) is 3.41. The number of sulfone groups is 1. The summed E-state index contributed by atoms with van der Waals surface area (Å²) >= 11 is 6.92. The van der Waals surface area contributed by atoms with E-state index in [1.54, 1.807) is 0 Å². The maximum Gasteiger partial charge on any atom is 0.391 e. The number of aliphatic hydroxyl groups is 1. The zero-order valence-corrected chi connectivity index (χ0v) is 27.8. The van der Waals surface area contributed by atoms with Crippen LogP contribution in [0.2, 0.25) is 5.02 Å². The number of rotatable bonds is 8. The number of likely N-dealkylation sites (tertiary alicyclic amines) is 2. The topological polar surface area (TPSA) is 152 Å². The summed E-state index contributed by atoms with van der Waals surface area (Å²) in [4.78, 5) is 23.7. The highest BCUT2D eigenvalue weighted by Crippen LogP contribution is 2.45. The van der Waals surface area contributed by atoms with E-state index in [-0.39, 0.29) is 73.6 Å². The third-order valence-electron chi connectivity index (χ3n) is 8.71. The zero-order valence-electron chi connectivity index (χ0n) is 25.4. The van der Waals surface area contributed by atoms with Crippen molar-refractivity contribution in [3.63, 3.8) is 0 Å². The van der Waals surface area contributed by atoms with Crippen molar-refractivity contribution >= 4 is 48.3 Å². The van der Waals surface area contributed by atoms with Crippen molar-refractivity contribution in [3.8, 4) is 5.88 Å². The molecule has 1 aromatic carbocycles. The molecule has 0 bridgehead atoms. The van der Waals surface area contributed by atoms with Crippen LogP contribution in [0, 0.1) is 11.8 Å². The molecule has 12 nitrogen and oxygen atoms in total. The van der Waals surface area contributed by atoms with Gasteiger partial charge < -0.3 is 14.7 Å². The number of pyridine rings is 1. The minimum Gasteiger partial charge on any atom is -0.481 e. The first-order valence-electron chi connectivity index (χ1n) is 14.2. The summed E-state index contributed by atoms with van der Waals surface area (Å²) < 4.78 is 96.7. The normalized spacial score (nSPS) is 18.8. The lowest BCUT2D eigenvalue weighted by Gasteiger charge is -2.47. The van der Waals surface area contributed by atoms with Gasteiger partial charge in [0.25, 0.3) is 0 Å². The van der Waals surface area contributed by atoms with Gasteiger partial charge >= 0.3 is 6.18 Å². The van der Waals surface area contributed by atoms with E-state index in [1.165, 1.54) is 37.1 Å². The summed E-state index contributed by atoms with van der Waals surface area (Å²) in [5.41, 5.74) is -1.63. The fourth-order valence-electron chi connectivity index (χ4n) is 6.16. The van der Waals surface area contributed by atoms with E-state index in [9.17, 15) is 39.9 Å². The van der Waals surface area contributed by atoms with Gasteiger partial charge in [-0.2, -0.15) is 13.2 Å². The number of alkyl halides is 3. The molecular formula is C28H33ClF3N5O7S2. The minimum atomic E-state index is -4.34. The van der Waals surface area contributed by atoms with Gasteiger partial charge in [0, 0.05) is 49.7 Å². The second kappa shape index (κ2) is 11.9. The molecule has 1 N–H and O–H groups in total. The van der Waals surface area contributed by atoms with Crippen LogP contribution >= 0.6 is 11.6 Å². The third-order valence-corrected chi connectivity index (χ3v) is 11.2. The van der Waals surface area contributed by atoms with Crippen molar-refractivity contribution in [3.05, 3.63) is 46.2 Å². The fraction of sp³-hybridized carbons (Fsp3) is 0.536. The van der Waals surface area contributed by atoms with Crippen LogP contribution in [0.3, 0.4) is 0 Å². The second-order valence-electron chi connectivity index (χ2n) is 11.9. The van der Waals surface area contributed by atoms with Crippen LogP contribution in [0.15, 0.2) is 29.6 Å². The van der Waals surface area contributed by atoms with E-state index in [0.717, 1.165) is 18.7 Å². The second-order valence-corrected chi connectivity index (χ2v) is 16.0. The number of hydrogen-bond donors (Lipinski definition) is 1. The van der Waals surface area contributed by atoms with Gasteiger partial charge in [-0.05, 0) is 43.6 Å². The molecule has 2 aromatic heterocycles. The van der Waals surface area contributed by atoms with Crippen LogP contribution in [-0.2, 0) is 36.8 Å². The molecule has 2 aliphatic heterocycles. The lowest BCUT2D eigenvalue weighted by Crippen LogP contribution is -2.58. The Balaban J connectivity index is 1.64. The molecule has 0 saturated carbocycles. The van der Waals surface area contributed by atoms with Crippen LogP contribution in [0.1, 0.15) is 36.6 Å². The number of piperidine rings is 1. The van der Waals surface area contributed by atoms with Crippen LogP contribution < -0.4 is 4.74 Å².